The molecule has 0 aromatic heterocycles. The van der Waals surface area contributed by atoms with E-state index in [1.165, 1.54) is 0 Å². The van der Waals surface area contributed by atoms with Crippen LogP contribution in [0.1, 0.15) is 27.2 Å². The standard InChI is InChI=1S/C14H17FO2S/c1-13(2,3)17-12(16)11-9-14(11,15)18-10-7-5-4-6-8-10/h4-8,11H,9H2,1-3H3. The van der Waals surface area contributed by atoms with Crippen molar-refractivity contribution < 1.29 is 13.9 Å². The fraction of sp³-hybridized carbons (Fsp3) is 0.500. The van der Waals surface area contributed by atoms with Crippen molar-refractivity contribution in [2.45, 2.75) is 42.7 Å². The fourth-order valence-corrected chi connectivity index (χ4v) is 2.82. The van der Waals surface area contributed by atoms with Crippen LogP contribution in [0.5, 0.6) is 0 Å². The molecule has 2 nitrogen and oxygen atoms in total. The first-order valence-corrected chi connectivity index (χ1v) is 6.78. The number of carbonyl (C=O) groups excluding carboxylic acids is 1. The minimum Gasteiger partial charge on any atom is -0.460 e. The molecule has 98 valence electrons. The molecule has 18 heavy (non-hydrogen) atoms. The average Bonchev–Trinajstić information content (AvgIpc) is 2.89. The van der Waals surface area contributed by atoms with E-state index in [0.717, 1.165) is 16.7 Å². The lowest BCUT2D eigenvalue weighted by atomic mass is 10.2. The van der Waals surface area contributed by atoms with Gasteiger partial charge in [-0.05, 0) is 32.9 Å². The Balaban J connectivity index is 1.95. The number of carbonyl (C=O) groups is 1. The molecule has 1 aromatic carbocycles. The number of halogens is 1. The van der Waals surface area contributed by atoms with E-state index >= 15 is 0 Å². The third kappa shape index (κ3) is 3.25. The van der Waals surface area contributed by atoms with Crippen LogP contribution in [0.15, 0.2) is 35.2 Å². The summed E-state index contributed by atoms with van der Waals surface area (Å²) < 4.78 is 19.5. The summed E-state index contributed by atoms with van der Waals surface area (Å²) in [5, 5.41) is -1.50. The number of alkyl halides is 1. The van der Waals surface area contributed by atoms with E-state index in [9.17, 15) is 9.18 Å². The molecule has 1 aromatic rings. The molecule has 1 saturated carbocycles. The van der Waals surface area contributed by atoms with Gasteiger partial charge >= 0.3 is 5.97 Å². The van der Waals surface area contributed by atoms with Gasteiger partial charge < -0.3 is 4.74 Å². The fourth-order valence-electron chi connectivity index (χ4n) is 1.65. The van der Waals surface area contributed by atoms with Crippen LogP contribution in [-0.2, 0) is 9.53 Å². The first-order chi connectivity index (χ1) is 8.30. The molecule has 0 radical (unpaired) electrons. The maximum atomic E-state index is 14.3. The smallest absolute Gasteiger partial charge is 0.313 e. The predicted molar refractivity (Wildman–Crippen MR) is 70.1 cm³/mol. The largest absolute Gasteiger partial charge is 0.460 e. The van der Waals surface area contributed by atoms with E-state index in [1.807, 2.05) is 30.3 Å². The van der Waals surface area contributed by atoms with Crippen molar-refractivity contribution in [1.29, 1.82) is 0 Å². The summed E-state index contributed by atoms with van der Waals surface area (Å²) in [4.78, 5) is 12.6. The summed E-state index contributed by atoms with van der Waals surface area (Å²) in [5.41, 5.74) is -0.558. The van der Waals surface area contributed by atoms with Crippen LogP contribution in [-0.4, -0.2) is 16.6 Å². The van der Waals surface area contributed by atoms with Gasteiger partial charge in [0.1, 0.15) is 11.5 Å². The van der Waals surface area contributed by atoms with Crippen LogP contribution in [0.4, 0.5) is 4.39 Å². The Morgan fingerprint density at radius 1 is 1.39 bits per heavy atom. The molecular weight excluding hydrogens is 251 g/mol. The summed E-state index contributed by atoms with van der Waals surface area (Å²) in [6, 6.07) is 9.28. The summed E-state index contributed by atoms with van der Waals surface area (Å²) in [5.74, 6) is -1.07. The molecule has 0 amide bonds. The van der Waals surface area contributed by atoms with Gasteiger partial charge in [0.15, 0.2) is 5.00 Å². The van der Waals surface area contributed by atoms with Crippen LogP contribution < -0.4 is 0 Å². The van der Waals surface area contributed by atoms with Gasteiger partial charge in [-0.15, -0.1) is 0 Å². The van der Waals surface area contributed by atoms with Crippen LogP contribution in [0, 0.1) is 5.92 Å². The van der Waals surface area contributed by atoms with E-state index in [0.29, 0.717) is 0 Å². The Labute approximate surface area is 111 Å². The lowest BCUT2D eigenvalue weighted by Gasteiger charge is -2.19. The molecule has 2 rings (SSSR count). The highest BCUT2D eigenvalue weighted by molar-refractivity contribution is 8.00. The average molecular weight is 268 g/mol. The molecule has 2 atom stereocenters. The summed E-state index contributed by atoms with van der Waals surface area (Å²) >= 11 is 1.11. The molecular formula is C14H17FO2S. The molecule has 0 bridgehead atoms. The third-order valence-electron chi connectivity index (χ3n) is 2.56. The van der Waals surface area contributed by atoms with Gasteiger partial charge in [0.25, 0.3) is 0 Å². The van der Waals surface area contributed by atoms with Gasteiger partial charge in [-0.2, -0.15) is 0 Å². The SMILES string of the molecule is CC(C)(C)OC(=O)C1CC1(F)Sc1ccccc1. The number of ether oxygens (including phenoxy) is 1. The quantitative estimate of drug-likeness (QED) is 0.780. The monoisotopic (exact) mass is 268 g/mol. The number of benzene rings is 1. The third-order valence-corrected chi connectivity index (χ3v) is 3.86. The zero-order valence-corrected chi connectivity index (χ0v) is 11.6. The molecule has 0 N–H and O–H groups in total. The normalized spacial score (nSPS) is 26.8. The molecule has 0 saturated heterocycles. The Morgan fingerprint density at radius 2 is 2.00 bits per heavy atom. The van der Waals surface area contributed by atoms with E-state index in [-0.39, 0.29) is 6.42 Å². The summed E-state index contributed by atoms with van der Waals surface area (Å²) in [7, 11) is 0. The van der Waals surface area contributed by atoms with Crippen molar-refractivity contribution in [2.24, 2.45) is 5.92 Å². The number of esters is 1. The van der Waals surface area contributed by atoms with Crippen molar-refractivity contribution in [1.82, 2.24) is 0 Å². The van der Waals surface area contributed by atoms with Crippen molar-refractivity contribution in [3.63, 3.8) is 0 Å². The minimum atomic E-state index is -1.50. The van der Waals surface area contributed by atoms with E-state index in [1.54, 1.807) is 20.8 Å². The topological polar surface area (TPSA) is 26.3 Å². The molecule has 0 aliphatic heterocycles. The Morgan fingerprint density at radius 3 is 2.56 bits per heavy atom. The number of rotatable bonds is 3. The molecule has 0 heterocycles. The van der Waals surface area contributed by atoms with Crippen LogP contribution in [0.25, 0.3) is 0 Å². The summed E-state index contributed by atoms with van der Waals surface area (Å²) in [6.07, 6.45) is 0.238. The van der Waals surface area contributed by atoms with Gasteiger partial charge in [0, 0.05) is 11.3 Å². The van der Waals surface area contributed by atoms with Gasteiger partial charge in [0.05, 0.1) is 0 Å². The Kier molecular flexibility index (Phi) is 3.41. The zero-order valence-electron chi connectivity index (χ0n) is 10.8. The van der Waals surface area contributed by atoms with E-state index in [4.69, 9.17) is 4.74 Å². The number of thioether (sulfide) groups is 1. The second kappa shape index (κ2) is 4.57. The van der Waals surface area contributed by atoms with Crippen molar-refractivity contribution >= 4 is 17.7 Å². The van der Waals surface area contributed by atoms with Gasteiger partial charge in [-0.1, -0.05) is 30.0 Å². The second-order valence-electron chi connectivity index (χ2n) is 5.49. The molecule has 1 fully saturated rings. The highest BCUT2D eigenvalue weighted by atomic mass is 32.2. The second-order valence-corrected chi connectivity index (χ2v) is 6.85. The van der Waals surface area contributed by atoms with Gasteiger partial charge in [-0.25, -0.2) is 4.39 Å². The first kappa shape index (κ1) is 13.4. The Hall–Kier alpha value is -1.03. The number of hydrogen-bond donors (Lipinski definition) is 0. The molecule has 1 aliphatic rings. The molecule has 4 heteroatoms. The van der Waals surface area contributed by atoms with Gasteiger partial charge in [0.2, 0.25) is 0 Å². The predicted octanol–water partition coefficient (Wildman–Crippen LogP) is 3.81. The highest BCUT2D eigenvalue weighted by Gasteiger charge is 2.62. The maximum Gasteiger partial charge on any atom is 0.313 e. The van der Waals surface area contributed by atoms with E-state index < -0.39 is 22.5 Å². The Bertz CT molecular complexity index is 441. The molecule has 1 aliphatic carbocycles. The van der Waals surface area contributed by atoms with Crippen molar-refractivity contribution in [3.8, 4) is 0 Å². The van der Waals surface area contributed by atoms with Crippen LogP contribution >= 0.6 is 11.8 Å². The maximum absolute atomic E-state index is 14.3. The highest BCUT2D eigenvalue weighted by Crippen LogP contribution is 2.58. The molecule has 2 unspecified atom stereocenters. The van der Waals surface area contributed by atoms with E-state index in [2.05, 4.69) is 0 Å². The number of hydrogen-bond acceptors (Lipinski definition) is 3. The van der Waals surface area contributed by atoms with Crippen molar-refractivity contribution in [3.05, 3.63) is 30.3 Å². The van der Waals surface area contributed by atoms with Crippen molar-refractivity contribution in [2.75, 3.05) is 0 Å². The summed E-state index contributed by atoms with van der Waals surface area (Å²) in [6.45, 7) is 5.37. The minimum absolute atomic E-state index is 0.238. The molecule has 0 spiro atoms. The van der Waals surface area contributed by atoms with Crippen LogP contribution in [0.2, 0.25) is 0 Å². The zero-order chi connectivity index (χ0) is 13.4. The first-order valence-electron chi connectivity index (χ1n) is 5.96. The lowest BCUT2D eigenvalue weighted by molar-refractivity contribution is -0.157. The van der Waals surface area contributed by atoms with Gasteiger partial charge in [-0.3, -0.25) is 4.79 Å². The van der Waals surface area contributed by atoms with Crippen LogP contribution in [0.3, 0.4) is 0 Å². The lowest BCUT2D eigenvalue weighted by Crippen LogP contribution is -2.26.